The molecular formula is C18H25N3OS. The lowest BCUT2D eigenvalue weighted by atomic mass is 10.1. The van der Waals surface area contributed by atoms with E-state index >= 15 is 0 Å². The molecule has 4 nitrogen and oxygen atoms in total. The Hall–Kier alpha value is -1.46. The molecule has 0 spiro atoms. The predicted octanol–water partition coefficient (Wildman–Crippen LogP) is 3.52. The fraction of sp³-hybridized carbons (Fsp3) is 0.556. The van der Waals surface area contributed by atoms with E-state index in [9.17, 15) is 4.79 Å². The number of likely N-dealkylation sites (N-methyl/N-ethyl adjacent to an activating group) is 1. The van der Waals surface area contributed by atoms with E-state index in [4.69, 9.17) is 0 Å². The molecule has 1 saturated heterocycles. The normalized spacial score (nSPS) is 16.5. The van der Waals surface area contributed by atoms with Crippen molar-refractivity contribution in [2.75, 3.05) is 26.7 Å². The highest BCUT2D eigenvalue weighted by atomic mass is 32.1. The van der Waals surface area contributed by atoms with Gasteiger partial charge in [-0.3, -0.25) is 9.69 Å². The number of carbonyl (C=O) groups excluding carboxylic acids is 1. The summed E-state index contributed by atoms with van der Waals surface area (Å²) in [5.74, 6) is 0.260. The Balaban J connectivity index is 1.55. The standard InChI is InChI=1S/C18H25N3OS/c1-20(13-17-19-15-9-5-6-10-16(15)23-17)14-18(22)21-11-7-3-2-4-8-12-21/h5-6,9-10H,2-4,7-8,11-14H2,1H3. The van der Waals surface area contributed by atoms with Crippen LogP contribution in [-0.2, 0) is 11.3 Å². The zero-order valence-electron chi connectivity index (χ0n) is 13.8. The van der Waals surface area contributed by atoms with E-state index in [-0.39, 0.29) is 5.91 Å². The molecule has 3 rings (SSSR count). The first-order chi connectivity index (χ1) is 11.2. The highest BCUT2D eigenvalue weighted by Crippen LogP contribution is 2.22. The van der Waals surface area contributed by atoms with Gasteiger partial charge in [-0.1, -0.05) is 31.4 Å². The minimum atomic E-state index is 0.260. The first-order valence-corrected chi connectivity index (χ1v) is 9.35. The Labute approximate surface area is 142 Å². The zero-order valence-corrected chi connectivity index (χ0v) is 14.6. The van der Waals surface area contributed by atoms with Crippen LogP contribution in [0.3, 0.4) is 0 Å². The molecule has 1 aromatic heterocycles. The van der Waals surface area contributed by atoms with Gasteiger partial charge in [0.05, 0.1) is 23.3 Å². The molecule has 0 atom stereocenters. The first-order valence-electron chi connectivity index (χ1n) is 8.53. The van der Waals surface area contributed by atoms with Crippen LogP contribution >= 0.6 is 11.3 Å². The van der Waals surface area contributed by atoms with Crippen LogP contribution < -0.4 is 0 Å². The van der Waals surface area contributed by atoms with Crippen LogP contribution in [0, 0.1) is 0 Å². The van der Waals surface area contributed by atoms with Crippen LogP contribution in [-0.4, -0.2) is 47.4 Å². The van der Waals surface area contributed by atoms with Gasteiger partial charge in [-0.15, -0.1) is 11.3 Å². The summed E-state index contributed by atoms with van der Waals surface area (Å²) in [6.45, 7) is 3.07. The minimum Gasteiger partial charge on any atom is -0.342 e. The van der Waals surface area contributed by atoms with E-state index in [1.807, 2.05) is 30.1 Å². The SMILES string of the molecule is CN(CC(=O)N1CCCCCCC1)Cc1nc2ccccc2s1. The molecule has 0 saturated carbocycles. The van der Waals surface area contributed by atoms with E-state index in [0.717, 1.165) is 43.0 Å². The summed E-state index contributed by atoms with van der Waals surface area (Å²) < 4.78 is 1.21. The van der Waals surface area contributed by atoms with Gasteiger partial charge in [-0.2, -0.15) is 0 Å². The molecule has 0 radical (unpaired) electrons. The molecule has 23 heavy (non-hydrogen) atoms. The summed E-state index contributed by atoms with van der Waals surface area (Å²) >= 11 is 1.72. The number of carbonyl (C=O) groups is 1. The van der Waals surface area contributed by atoms with Gasteiger partial charge in [-0.05, 0) is 32.0 Å². The Bertz CT molecular complexity index is 614. The number of hydrogen-bond donors (Lipinski definition) is 0. The van der Waals surface area contributed by atoms with Crippen molar-refractivity contribution in [3.63, 3.8) is 0 Å². The highest BCUT2D eigenvalue weighted by Gasteiger charge is 2.17. The number of rotatable bonds is 4. The molecule has 0 unspecified atom stereocenters. The lowest BCUT2D eigenvalue weighted by Gasteiger charge is -2.26. The third-order valence-corrected chi connectivity index (χ3v) is 5.38. The Morgan fingerprint density at radius 1 is 1.17 bits per heavy atom. The van der Waals surface area contributed by atoms with E-state index in [2.05, 4.69) is 16.0 Å². The van der Waals surface area contributed by atoms with E-state index in [1.54, 1.807) is 11.3 Å². The van der Waals surface area contributed by atoms with Crippen LogP contribution in [0.25, 0.3) is 10.2 Å². The molecule has 5 heteroatoms. The molecule has 1 aliphatic rings. The van der Waals surface area contributed by atoms with Crippen molar-refractivity contribution >= 4 is 27.5 Å². The number of aromatic nitrogens is 1. The average molecular weight is 331 g/mol. The lowest BCUT2D eigenvalue weighted by molar-refractivity contribution is -0.132. The van der Waals surface area contributed by atoms with Gasteiger partial charge in [0, 0.05) is 13.1 Å². The first kappa shape index (κ1) is 16.4. The van der Waals surface area contributed by atoms with Gasteiger partial charge in [0.2, 0.25) is 5.91 Å². The molecule has 1 amide bonds. The van der Waals surface area contributed by atoms with Crippen LogP contribution in [0.1, 0.15) is 37.1 Å². The van der Waals surface area contributed by atoms with Gasteiger partial charge in [-0.25, -0.2) is 4.98 Å². The number of benzene rings is 1. The largest absolute Gasteiger partial charge is 0.342 e. The number of likely N-dealkylation sites (tertiary alicyclic amines) is 1. The van der Waals surface area contributed by atoms with Crippen molar-refractivity contribution < 1.29 is 4.79 Å². The highest BCUT2D eigenvalue weighted by molar-refractivity contribution is 7.18. The number of thiazole rings is 1. The monoisotopic (exact) mass is 331 g/mol. The average Bonchev–Trinajstić information content (AvgIpc) is 2.88. The van der Waals surface area contributed by atoms with Crippen LogP contribution in [0.5, 0.6) is 0 Å². The third-order valence-electron chi connectivity index (χ3n) is 4.36. The Morgan fingerprint density at radius 3 is 2.61 bits per heavy atom. The maximum atomic E-state index is 12.5. The topological polar surface area (TPSA) is 36.4 Å². The maximum absolute atomic E-state index is 12.5. The summed E-state index contributed by atoms with van der Waals surface area (Å²) in [7, 11) is 2.01. The summed E-state index contributed by atoms with van der Waals surface area (Å²) in [5.41, 5.74) is 1.05. The summed E-state index contributed by atoms with van der Waals surface area (Å²) in [5, 5.41) is 1.08. The molecule has 1 aromatic carbocycles. The molecule has 0 aliphatic carbocycles. The third kappa shape index (κ3) is 4.52. The summed E-state index contributed by atoms with van der Waals surface area (Å²) in [4.78, 5) is 21.3. The van der Waals surface area contributed by atoms with Crippen molar-refractivity contribution in [2.45, 2.75) is 38.6 Å². The van der Waals surface area contributed by atoms with Gasteiger partial charge in [0.1, 0.15) is 5.01 Å². The number of hydrogen-bond acceptors (Lipinski definition) is 4. The smallest absolute Gasteiger partial charge is 0.236 e. The Morgan fingerprint density at radius 2 is 1.87 bits per heavy atom. The van der Waals surface area contributed by atoms with E-state index in [1.165, 1.54) is 24.0 Å². The van der Waals surface area contributed by atoms with Crippen molar-refractivity contribution in [3.05, 3.63) is 29.3 Å². The quantitative estimate of drug-likeness (QED) is 0.860. The molecule has 2 aromatic rings. The fourth-order valence-electron chi connectivity index (χ4n) is 3.10. The number of amides is 1. The Kier molecular flexibility index (Phi) is 5.62. The van der Waals surface area contributed by atoms with Crippen molar-refractivity contribution in [2.24, 2.45) is 0 Å². The number of nitrogens with zero attached hydrogens (tertiary/aromatic N) is 3. The number of para-hydroxylation sites is 1. The second-order valence-corrected chi connectivity index (χ2v) is 7.51. The fourth-order valence-corrected chi connectivity index (χ4v) is 4.15. The van der Waals surface area contributed by atoms with Gasteiger partial charge < -0.3 is 4.90 Å². The van der Waals surface area contributed by atoms with Crippen LogP contribution in [0.4, 0.5) is 0 Å². The molecule has 2 heterocycles. The molecule has 1 fully saturated rings. The van der Waals surface area contributed by atoms with Crippen LogP contribution in [0.2, 0.25) is 0 Å². The second-order valence-electron chi connectivity index (χ2n) is 6.40. The maximum Gasteiger partial charge on any atom is 0.236 e. The van der Waals surface area contributed by atoms with Gasteiger partial charge in [0.25, 0.3) is 0 Å². The lowest BCUT2D eigenvalue weighted by Crippen LogP contribution is -2.40. The molecule has 1 aliphatic heterocycles. The zero-order chi connectivity index (χ0) is 16.1. The molecule has 0 N–H and O–H groups in total. The van der Waals surface area contributed by atoms with E-state index < -0.39 is 0 Å². The van der Waals surface area contributed by atoms with Crippen molar-refractivity contribution in [1.82, 2.24) is 14.8 Å². The minimum absolute atomic E-state index is 0.260. The molecular weight excluding hydrogens is 306 g/mol. The summed E-state index contributed by atoms with van der Waals surface area (Å²) in [6.07, 6.45) is 6.12. The molecule has 0 bridgehead atoms. The number of fused-ring (bicyclic) bond motifs is 1. The predicted molar refractivity (Wildman–Crippen MR) is 95.6 cm³/mol. The van der Waals surface area contributed by atoms with Crippen LogP contribution in [0.15, 0.2) is 24.3 Å². The van der Waals surface area contributed by atoms with E-state index in [0.29, 0.717) is 6.54 Å². The van der Waals surface area contributed by atoms with Gasteiger partial charge >= 0.3 is 0 Å². The van der Waals surface area contributed by atoms with Crippen molar-refractivity contribution in [1.29, 1.82) is 0 Å². The molecule has 124 valence electrons. The van der Waals surface area contributed by atoms with Crippen molar-refractivity contribution in [3.8, 4) is 0 Å². The summed E-state index contributed by atoms with van der Waals surface area (Å²) in [6, 6.07) is 8.20. The second kappa shape index (κ2) is 7.88. The van der Waals surface area contributed by atoms with Gasteiger partial charge in [0.15, 0.2) is 0 Å².